The smallest absolute Gasteiger partial charge is 0.137 e. The summed E-state index contributed by atoms with van der Waals surface area (Å²) >= 11 is 8.21. The van der Waals surface area contributed by atoms with Crippen LogP contribution in [0.4, 0.5) is 17.2 Å². The fourth-order valence-corrected chi connectivity index (χ4v) is 2.44. The van der Waals surface area contributed by atoms with Crippen molar-refractivity contribution in [3.63, 3.8) is 0 Å². The molecule has 0 saturated carbocycles. The standard InChI is InChI=1S/C12H9ClIN3/c13-11-4-1-7-6-15-10-5-8(14)2-3-9(10)16-12(7)17-11/h1-5,15H,6H2,(H,16,17). The number of hydrogen-bond donors (Lipinski definition) is 2. The molecule has 0 aliphatic carbocycles. The first-order valence-electron chi connectivity index (χ1n) is 5.18. The zero-order valence-corrected chi connectivity index (χ0v) is 11.7. The summed E-state index contributed by atoms with van der Waals surface area (Å²) in [5.74, 6) is 0.824. The number of benzene rings is 1. The number of aromatic nitrogens is 1. The normalized spacial score (nSPS) is 12.8. The maximum absolute atomic E-state index is 5.91. The predicted molar refractivity (Wildman–Crippen MR) is 79.0 cm³/mol. The van der Waals surface area contributed by atoms with Crippen LogP contribution in [0, 0.1) is 3.57 Å². The van der Waals surface area contributed by atoms with Crippen molar-refractivity contribution < 1.29 is 0 Å². The van der Waals surface area contributed by atoms with Gasteiger partial charge in [0.25, 0.3) is 0 Å². The lowest BCUT2D eigenvalue weighted by molar-refractivity contribution is 1.14. The summed E-state index contributed by atoms with van der Waals surface area (Å²) in [7, 11) is 0. The molecule has 0 radical (unpaired) electrons. The SMILES string of the molecule is Clc1ccc2c(n1)Nc1ccc(I)cc1NC2. The minimum atomic E-state index is 0.505. The van der Waals surface area contributed by atoms with Gasteiger partial charge in [-0.05, 0) is 46.9 Å². The zero-order chi connectivity index (χ0) is 11.8. The van der Waals surface area contributed by atoms with Crippen LogP contribution in [0.25, 0.3) is 0 Å². The van der Waals surface area contributed by atoms with E-state index in [4.69, 9.17) is 11.6 Å². The Balaban J connectivity index is 2.08. The molecular weight excluding hydrogens is 349 g/mol. The monoisotopic (exact) mass is 357 g/mol. The molecule has 0 bridgehead atoms. The highest BCUT2D eigenvalue weighted by molar-refractivity contribution is 14.1. The molecule has 2 heterocycles. The van der Waals surface area contributed by atoms with E-state index in [-0.39, 0.29) is 0 Å². The fourth-order valence-electron chi connectivity index (χ4n) is 1.80. The van der Waals surface area contributed by atoms with Crippen LogP contribution in [0.3, 0.4) is 0 Å². The molecule has 3 rings (SSSR count). The maximum atomic E-state index is 5.91. The van der Waals surface area contributed by atoms with Gasteiger partial charge in [0.15, 0.2) is 0 Å². The van der Waals surface area contributed by atoms with Crippen molar-refractivity contribution in [2.75, 3.05) is 10.6 Å². The van der Waals surface area contributed by atoms with Gasteiger partial charge in [0, 0.05) is 15.7 Å². The van der Waals surface area contributed by atoms with Crippen LogP contribution < -0.4 is 10.6 Å². The van der Waals surface area contributed by atoms with E-state index in [2.05, 4.69) is 50.3 Å². The minimum absolute atomic E-state index is 0.505. The summed E-state index contributed by atoms with van der Waals surface area (Å²) in [6.07, 6.45) is 0. The van der Waals surface area contributed by atoms with E-state index in [1.807, 2.05) is 18.2 Å². The molecule has 3 nitrogen and oxygen atoms in total. The van der Waals surface area contributed by atoms with E-state index in [1.54, 1.807) is 0 Å². The Morgan fingerprint density at radius 1 is 1.18 bits per heavy atom. The zero-order valence-electron chi connectivity index (χ0n) is 8.80. The van der Waals surface area contributed by atoms with Crippen molar-refractivity contribution in [2.24, 2.45) is 0 Å². The van der Waals surface area contributed by atoms with E-state index in [9.17, 15) is 0 Å². The molecule has 0 atom stereocenters. The van der Waals surface area contributed by atoms with Gasteiger partial charge in [-0.25, -0.2) is 4.98 Å². The Morgan fingerprint density at radius 2 is 2.06 bits per heavy atom. The average Bonchev–Trinajstić information content (AvgIpc) is 2.47. The third-order valence-corrected chi connectivity index (χ3v) is 3.53. The van der Waals surface area contributed by atoms with Gasteiger partial charge in [-0.15, -0.1) is 0 Å². The number of halogens is 2. The number of anilines is 3. The number of nitrogens with one attached hydrogen (secondary N) is 2. The molecule has 0 spiro atoms. The maximum Gasteiger partial charge on any atom is 0.137 e. The Kier molecular flexibility index (Phi) is 2.84. The molecule has 0 fully saturated rings. The molecule has 1 aliphatic rings. The second-order valence-corrected chi connectivity index (χ2v) is 5.44. The van der Waals surface area contributed by atoms with Crippen molar-refractivity contribution in [3.05, 3.63) is 44.6 Å². The summed E-state index contributed by atoms with van der Waals surface area (Å²) in [6, 6.07) is 10.0. The van der Waals surface area contributed by atoms with Gasteiger partial charge in [0.1, 0.15) is 11.0 Å². The van der Waals surface area contributed by atoms with Gasteiger partial charge in [0.2, 0.25) is 0 Å². The Morgan fingerprint density at radius 3 is 2.94 bits per heavy atom. The van der Waals surface area contributed by atoms with Crippen LogP contribution in [0.2, 0.25) is 5.15 Å². The second kappa shape index (κ2) is 4.34. The van der Waals surface area contributed by atoms with Crippen LogP contribution in [0.1, 0.15) is 5.56 Å². The lowest BCUT2D eigenvalue weighted by atomic mass is 10.2. The van der Waals surface area contributed by atoms with Crippen molar-refractivity contribution in [1.29, 1.82) is 0 Å². The van der Waals surface area contributed by atoms with Gasteiger partial charge in [-0.2, -0.15) is 0 Å². The van der Waals surface area contributed by atoms with E-state index in [1.165, 1.54) is 3.57 Å². The Labute approximate surface area is 118 Å². The molecule has 1 aliphatic heterocycles. The second-order valence-electron chi connectivity index (χ2n) is 3.81. The summed E-state index contributed by atoms with van der Waals surface area (Å²) in [5, 5.41) is 7.21. The quantitative estimate of drug-likeness (QED) is 0.552. The van der Waals surface area contributed by atoms with Crippen molar-refractivity contribution in [1.82, 2.24) is 4.98 Å². The van der Waals surface area contributed by atoms with Crippen LogP contribution in [0.5, 0.6) is 0 Å². The number of rotatable bonds is 0. The molecule has 0 unspecified atom stereocenters. The summed E-state index contributed by atoms with van der Waals surface area (Å²) in [6.45, 7) is 0.750. The van der Waals surface area contributed by atoms with E-state index >= 15 is 0 Å². The number of nitrogens with zero attached hydrogens (tertiary/aromatic N) is 1. The van der Waals surface area contributed by atoms with Gasteiger partial charge >= 0.3 is 0 Å². The topological polar surface area (TPSA) is 37.0 Å². The predicted octanol–water partition coefficient (Wildman–Crippen LogP) is 4.01. The van der Waals surface area contributed by atoms with Gasteiger partial charge in [-0.1, -0.05) is 17.7 Å². The van der Waals surface area contributed by atoms with Crippen LogP contribution in [-0.4, -0.2) is 4.98 Å². The molecule has 0 amide bonds. The first kappa shape index (κ1) is 11.1. The summed E-state index contributed by atoms with van der Waals surface area (Å²) in [4.78, 5) is 4.31. The van der Waals surface area contributed by atoms with E-state index in [0.29, 0.717) is 5.15 Å². The highest BCUT2D eigenvalue weighted by Gasteiger charge is 2.13. The molecule has 2 aromatic rings. The first-order valence-corrected chi connectivity index (χ1v) is 6.64. The highest BCUT2D eigenvalue weighted by atomic mass is 127. The molecule has 2 N–H and O–H groups in total. The van der Waals surface area contributed by atoms with Gasteiger partial charge < -0.3 is 10.6 Å². The molecule has 1 aromatic heterocycles. The summed E-state index contributed by atoms with van der Waals surface area (Å²) in [5.41, 5.74) is 3.23. The Hall–Kier alpha value is -1.01. The lowest BCUT2D eigenvalue weighted by Gasteiger charge is -2.08. The third kappa shape index (κ3) is 2.19. The average molecular weight is 358 g/mol. The lowest BCUT2D eigenvalue weighted by Crippen LogP contribution is -1.98. The number of hydrogen-bond acceptors (Lipinski definition) is 3. The third-order valence-electron chi connectivity index (χ3n) is 2.65. The molecule has 1 aromatic carbocycles. The van der Waals surface area contributed by atoms with Crippen molar-refractivity contribution >= 4 is 51.4 Å². The highest BCUT2D eigenvalue weighted by Crippen LogP contribution is 2.32. The number of pyridine rings is 1. The largest absolute Gasteiger partial charge is 0.379 e. The first-order chi connectivity index (χ1) is 8.22. The van der Waals surface area contributed by atoms with Gasteiger partial charge in [-0.3, -0.25) is 0 Å². The van der Waals surface area contributed by atoms with Crippen LogP contribution >= 0.6 is 34.2 Å². The number of fused-ring (bicyclic) bond motifs is 2. The van der Waals surface area contributed by atoms with Crippen molar-refractivity contribution in [2.45, 2.75) is 6.54 Å². The van der Waals surface area contributed by atoms with Crippen LogP contribution in [0.15, 0.2) is 30.3 Å². The molecule has 86 valence electrons. The molecule has 17 heavy (non-hydrogen) atoms. The summed E-state index contributed by atoms with van der Waals surface area (Å²) < 4.78 is 1.20. The Bertz CT molecular complexity index is 586. The van der Waals surface area contributed by atoms with Crippen LogP contribution in [-0.2, 0) is 6.54 Å². The van der Waals surface area contributed by atoms with Crippen molar-refractivity contribution in [3.8, 4) is 0 Å². The van der Waals surface area contributed by atoms with E-state index < -0.39 is 0 Å². The minimum Gasteiger partial charge on any atom is -0.379 e. The fraction of sp³-hybridized carbons (Fsp3) is 0.0833. The molecule has 5 heteroatoms. The van der Waals surface area contributed by atoms with Gasteiger partial charge in [0.05, 0.1) is 11.4 Å². The molecule has 0 saturated heterocycles. The molecular formula is C12H9ClIN3. The van der Waals surface area contributed by atoms with E-state index in [0.717, 1.165) is 29.3 Å².